The van der Waals surface area contributed by atoms with Crippen molar-refractivity contribution >= 4 is 5.84 Å². The summed E-state index contributed by atoms with van der Waals surface area (Å²) >= 11 is 0. The van der Waals surface area contributed by atoms with Crippen molar-refractivity contribution in [3.63, 3.8) is 0 Å². The van der Waals surface area contributed by atoms with Crippen LogP contribution in [0.2, 0.25) is 0 Å². The van der Waals surface area contributed by atoms with Gasteiger partial charge in [-0.2, -0.15) is 13.2 Å². The third kappa shape index (κ3) is 6.36. The number of amidine groups is 1. The van der Waals surface area contributed by atoms with Crippen LogP contribution in [-0.2, 0) is 0 Å². The molecule has 90 valence electrons. The first kappa shape index (κ1) is 14.3. The Balaban J connectivity index is 4.61. The van der Waals surface area contributed by atoms with Crippen molar-refractivity contribution in [1.29, 1.82) is 0 Å². The fourth-order valence-corrected chi connectivity index (χ4v) is 0.952. The molecule has 15 heavy (non-hydrogen) atoms. The van der Waals surface area contributed by atoms with Crippen molar-refractivity contribution in [3.05, 3.63) is 0 Å². The van der Waals surface area contributed by atoms with Crippen LogP contribution in [0.25, 0.3) is 0 Å². The minimum Gasteiger partial charge on any atom is -0.369 e. The van der Waals surface area contributed by atoms with E-state index in [1.54, 1.807) is 6.92 Å². The van der Waals surface area contributed by atoms with E-state index in [2.05, 4.69) is 10.3 Å². The van der Waals surface area contributed by atoms with Gasteiger partial charge in [-0.3, -0.25) is 4.99 Å². The van der Waals surface area contributed by atoms with Gasteiger partial charge in [-0.1, -0.05) is 6.92 Å². The number of aliphatic imine (C=N–C) groups is 1. The monoisotopic (exact) mass is 224 g/mol. The molecule has 0 fully saturated rings. The summed E-state index contributed by atoms with van der Waals surface area (Å²) in [5, 5.41) is 2.96. The van der Waals surface area contributed by atoms with Crippen LogP contribution in [0.15, 0.2) is 4.99 Å². The molecule has 0 aliphatic heterocycles. The molecule has 1 unspecified atom stereocenters. The summed E-state index contributed by atoms with van der Waals surface area (Å²) in [6.45, 7) is 8.49. The van der Waals surface area contributed by atoms with Gasteiger partial charge in [0.15, 0.2) is 0 Å². The second kappa shape index (κ2) is 4.86. The van der Waals surface area contributed by atoms with Gasteiger partial charge in [0, 0.05) is 12.0 Å². The van der Waals surface area contributed by atoms with Crippen molar-refractivity contribution < 1.29 is 13.2 Å². The standard InChI is InChI=1S/C10H19F3N2/c1-6-8(15-9(3,4)5)14-7(2)10(11,12)13/h7H,6H2,1-5H3,(H,14,15). The van der Waals surface area contributed by atoms with Crippen molar-refractivity contribution in [2.45, 2.75) is 58.8 Å². The van der Waals surface area contributed by atoms with E-state index in [0.29, 0.717) is 12.3 Å². The summed E-state index contributed by atoms with van der Waals surface area (Å²) in [5.74, 6) is 0.396. The van der Waals surface area contributed by atoms with Crippen LogP contribution in [0.5, 0.6) is 0 Å². The third-order valence-electron chi connectivity index (χ3n) is 1.68. The highest BCUT2D eigenvalue weighted by molar-refractivity contribution is 5.82. The molecule has 0 aliphatic rings. The number of halogens is 3. The van der Waals surface area contributed by atoms with Crippen LogP contribution in [0.3, 0.4) is 0 Å². The van der Waals surface area contributed by atoms with Crippen LogP contribution in [0.4, 0.5) is 13.2 Å². The first-order chi connectivity index (χ1) is 6.56. The summed E-state index contributed by atoms with van der Waals surface area (Å²) in [5.41, 5.74) is -0.264. The second-order valence-corrected chi connectivity index (χ2v) is 4.52. The molecular formula is C10H19F3N2. The summed E-state index contributed by atoms with van der Waals surface area (Å²) in [6, 6.07) is -1.65. The first-order valence-corrected chi connectivity index (χ1v) is 4.98. The lowest BCUT2D eigenvalue weighted by atomic mass is 10.1. The van der Waals surface area contributed by atoms with E-state index in [1.165, 1.54) is 0 Å². The lowest BCUT2D eigenvalue weighted by Crippen LogP contribution is -2.41. The van der Waals surface area contributed by atoms with E-state index >= 15 is 0 Å². The Kier molecular flexibility index (Phi) is 4.62. The van der Waals surface area contributed by atoms with Gasteiger partial charge in [0.2, 0.25) is 0 Å². The van der Waals surface area contributed by atoms with Gasteiger partial charge in [-0.15, -0.1) is 0 Å². The van der Waals surface area contributed by atoms with Crippen LogP contribution in [-0.4, -0.2) is 23.6 Å². The summed E-state index contributed by atoms with van der Waals surface area (Å²) in [6.07, 6.45) is -3.79. The van der Waals surface area contributed by atoms with Crippen LogP contribution < -0.4 is 5.32 Å². The zero-order valence-corrected chi connectivity index (χ0v) is 9.87. The number of rotatable bonds is 2. The minimum atomic E-state index is -4.26. The quantitative estimate of drug-likeness (QED) is 0.565. The zero-order valence-electron chi connectivity index (χ0n) is 9.87. The average molecular weight is 224 g/mol. The maximum atomic E-state index is 12.2. The molecule has 1 atom stereocenters. The minimum absolute atomic E-state index is 0.264. The molecule has 0 rings (SSSR count). The number of hydrogen-bond acceptors (Lipinski definition) is 1. The van der Waals surface area contributed by atoms with E-state index < -0.39 is 12.2 Å². The number of nitrogens with one attached hydrogen (secondary N) is 1. The molecule has 0 aromatic heterocycles. The van der Waals surface area contributed by atoms with Gasteiger partial charge in [-0.25, -0.2) is 0 Å². The third-order valence-corrected chi connectivity index (χ3v) is 1.68. The molecule has 0 spiro atoms. The maximum absolute atomic E-state index is 12.2. The molecule has 0 aromatic carbocycles. The molecular weight excluding hydrogens is 205 g/mol. The number of hydrogen-bond donors (Lipinski definition) is 1. The van der Waals surface area contributed by atoms with Crippen molar-refractivity contribution in [1.82, 2.24) is 5.32 Å². The Morgan fingerprint density at radius 3 is 2.00 bits per heavy atom. The molecule has 1 N–H and O–H groups in total. The normalized spacial score (nSPS) is 16.4. The van der Waals surface area contributed by atoms with Crippen LogP contribution >= 0.6 is 0 Å². The SMILES string of the molecule is CCC(=NC(C)C(F)(F)F)NC(C)(C)C. The molecule has 0 heterocycles. The van der Waals surface area contributed by atoms with E-state index in [0.717, 1.165) is 6.92 Å². The molecule has 0 radical (unpaired) electrons. The molecule has 0 aromatic rings. The summed E-state index contributed by atoms with van der Waals surface area (Å²) < 4.78 is 36.7. The van der Waals surface area contributed by atoms with Gasteiger partial charge in [0.1, 0.15) is 6.04 Å². The lowest BCUT2D eigenvalue weighted by molar-refractivity contribution is -0.142. The van der Waals surface area contributed by atoms with Gasteiger partial charge in [-0.05, 0) is 27.7 Å². The number of nitrogens with zero attached hydrogens (tertiary/aromatic N) is 1. The highest BCUT2D eigenvalue weighted by Crippen LogP contribution is 2.22. The zero-order chi connectivity index (χ0) is 12.3. The topological polar surface area (TPSA) is 24.4 Å². The van der Waals surface area contributed by atoms with Crippen LogP contribution in [0.1, 0.15) is 41.0 Å². The predicted octanol–water partition coefficient (Wildman–Crippen LogP) is 3.13. The second-order valence-electron chi connectivity index (χ2n) is 4.52. The Morgan fingerprint density at radius 1 is 1.27 bits per heavy atom. The van der Waals surface area contributed by atoms with Gasteiger partial charge < -0.3 is 5.32 Å². The fourth-order valence-electron chi connectivity index (χ4n) is 0.952. The van der Waals surface area contributed by atoms with Crippen molar-refractivity contribution in [2.24, 2.45) is 4.99 Å². The fraction of sp³-hybridized carbons (Fsp3) is 0.900. The smallest absolute Gasteiger partial charge is 0.369 e. The highest BCUT2D eigenvalue weighted by Gasteiger charge is 2.36. The highest BCUT2D eigenvalue weighted by atomic mass is 19.4. The lowest BCUT2D eigenvalue weighted by Gasteiger charge is -2.24. The summed E-state index contributed by atoms with van der Waals surface area (Å²) in [4.78, 5) is 3.63. The number of alkyl halides is 3. The Bertz CT molecular complexity index is 226. The molecule has 0 aliphatic carbocycles. The Hall–Kier alpha value is -0.740. The van der Waals surface area contributed by atoms with Crippen molar-refractivity contribution in [2.75, 3.05) is 0 Å². The molecule has 5 heteroatoms. The largest absolute Gasteiger partial charge is 0.410 e. The van der Waals surface area contributed by atoms with Gasteiger partial charge in [0.25, 0.3) is 0 Å². The van der Waals surface area contributed by atoms with E-state index in [-0.39, 0.29) is 5.54 Å². The van der Waals surface area contributed by atoms with Crippen LogP contribution in [0, 0.1) is 0 Å². The molecule has 0 saturated carbocycles. The first-order valence-electron chi connectivity index (χ1n) is 4.98. The average Bonchev–Trinajstić information content (AvgIpc) is 1.98. The van der Waals surface area contributed by atoms with E-state index in [1.807, 2.05) is 20.8 Å². The van der Waals surface area contributed by atoms with Crippen molar-refractivity contribution in [3.8, 4) is 0 Å². The van der Waals surface area contributed by atoms with Gasteiger partial charge >= 0.3 is 6.18 Å². The van der Waals surface area contributed by atoms with E-state index in [9.17, 15) is 13.2 Å². The molecule has 0 bridgehead atoms. The van der Waals surface area contributed by atoms with E-state index in [4.69, 9.17) is 0 Å². The Labute approximate surface area is 89.0 Å². The Morgan fingerprint density at radius 2 is 1.73 bits per heavy atom. The molecule has 2 nitrogen and oxygen atoms in total. The molecule has 0 amide bonds. The molecule has 0 saturated heterocycles. The van der Waals surface area contributed by atoms with Gasteiger partial charge in [0.05, 0.1) is 5.84 Å². The maximum Gasteiger partial charge on any atom is 0.410 e. The summed E-state index contributed by atoms with van der Waals surface area (Å²) in [7, 11) is 0. The predicted molar refractivity (Wildman–Crippen MR) is 56.1 cm³/mol.